The van der Waals surface area contributed by atoms with Crippen LogP contribution in [0.5, 0.6) is 0 Å². The van der Waals surface area contributed by atoms with Crippen molar-refractivity contribution in [3.8, 4) is 0 Å². The minimum absolute atomic E-state index is 0.156. The summed E-state index contributed by atoms with van der Waals surface area (Å²) in [5, 5.41) is 20.2. The lowest BCUT2D eigenvalue weighted by atomic mass is 9.85. The minimum Gasteiger partial charge on any atom is -0.390 e. The Bertz CT molecular complexity index is 482. The number of piperidine rings is 1. The van der Waals surface area contributed by atoms with Gasteiger partial charge >= 0.3 is 0 Å². The highest BCUT2D eigenvalue weighted by molar-refractivity contribution is 5.66. The SMILES string of the molecule is OC1(CC2CC=NN2c2ccc(F)cc2)CCNCC1. The molecule has 2 aliphatic rings. The maximum atomic E-state index is 13.0. The molecule has 2 aliphatic heterocycles. The number of nitrogens with zero attached hydrogens (tertiary/aromatic N) is 2. The van der Waals surface area contributed by atoms with E-state index in [4.69, 9.17) is 0 Å². The van der Waals surface area contributed by atoms with Crippen molar-refractivity contribution in [1.82, 2.24) is 5.32 Å². The van der Waals surface area contributed by atoms with E-state index in [1.165, 1.54) is 12.1 Å². The topological polar surface area (TPSA) is 47.9 Å². The summed E-state index contributed by atoms with van der Waals surface area (Å²) in [4.78, 5) is 0. The second kappa shape index (κ2) is 5.50. The highest BCUT2D eigenvalue weighted by Gasteiger charge is 2.35. The third kappa shape index (κ3) is 2.83. The summed E-state index contributed by atoms with van der Waals surface area (Å²) in [5.41, 5.74) is 0.268. The van der Waals surface area contributed by atoms with Crippen molar-refractivity contribution in [2.75, 3.05) is 18.1 Å². The van der Waals surface area contributed by atoms with E-state index in [0.717, 1.165) is 38.0 Å². The lowest BCUT2D eigenvalue weighted by molar-refractivity contribution is -0.00268. The number of aliphatic hydroxyl groups is 1. The Kier molecular flexibility index (Phi) is 3.72. The highest BCUT2D eigenvalue weighted by atomic mass is 19.1. The van der Waals surface area contributed by atoms with Crippen molar-refractivity contribution in [2.45, 2.75) is 37.3 Å². The number of benzene rings is 1. The van der Waals surface area contributed by atoms with Crippen molar-refractivity contribution in [3.05, 3.63) is 30.1 Å². The van der Waals surface area contributed by atoms with E-state index >= 15 is 0 Å². The first-order chi connectivity index (χ1) is 9.66. The Labute approximate surface area is 118 Å². The third-order valence-electron chi connectivity index (χ3n) is 4.17. The summed E-state index contributed by atoms with van der Waals surface area (Å²) < 4.78 is 13.0. The summed E-state index contributed by atoms with van der Waals surface area (Å²) in [6.45, 7) is 1.72. The van der Waals surface area contributed by atoms with Gasteiger partial charge in [-0.05, 0) is 56.6 Å². The van der Waals surface area contributed by atoms with Gasteiger partial charge in [0.2, 0.25) is 0 Å². The monoisotopic (exact) mass is 277 g/mol. The first-order valence-electron chi connectivity index (χ1n) is 7.17. The fourth-order valence-corrected chi connectivity index (χ4v) is 3.03. The molecule has 20 heavy (non-hydrogen) atoms. The zero-order chi connectivity index (χ0) is 14.0. The molecule has 108 valence electrons. The van der Waals surface area contributed by atoms with Crippen molar-refractivity contribution in [1.29, 1.82) is 0 Å². The van der Waals surface area contributed by atoms with Crippen LogP contribution in [0.25, 0.3) is 0 Å². The molecule has 4 nitrogen and oxygen atoms in total. The number of rotatable bonds is 3. The number of hydrazone groups is 1. The van der Waals surface area contributed by atoms with Crippen molar-refractivity contribution < 1.29 is 9.50 Å². The fourth-order valence-electron chi connectivity index (χ4n) is 3.03. The van der Waals surface area contributed by atoms with Crippen molar-refractivity contribution in [3.63, 3.8) is 0 Å². The molecular formula is C15H20FN3O. The summed E-state index contributed by atoms with van der Waals surface area (Å²) in [5.74, 6) is -0.245. The van der Waals surface area contributed by atoms with E-state index in [1.807, 2.05) is 11.2 Å². The van der Waals surface area contributed by atoms with Gasteiger partial charge in [-0.1, -0.05) is 0 Å². The first kappa shape index (κ1) is 13.5. The predicted molar refractivity (Wildman–Crippen MR) is 77.4 cm³/mol. The molecule has 0 aliphatic carbocycles. The van der Waals surface area contributed by atoms with Gasteiger partial charge in [0, 0.05) is 12.6 Å². The molecule has 0 aromatic heterocycles. The minimum atomic E-state index is -0.609. The van der Waals surface area contributed by atoms with Gasteiger partial charge in [0.25, 0.3) is 0 Å². The van der Waals surface area contributed by atoms with Crippen LogP contribution >= 0.6 is 0 Å². The molecule has 1 fully saturated rings. The van der Waals surface area contributed by atoms with Gasteiger partial charge < -0.3 is 10.4 Å². The van der Waals surface area contributed by atoms with Gasteiger partial charge in [-0.2, -0.15) is 5.10 Å². The molecule has 3 rings (SSSR count). The van der Waals surface area contributed by atoms with E-state index in [9.17, 15) is 9.50 Å². The maximum Gasteiger partial charge on any atom is 0.123 e. The van der Waals surface area contributed by atoms with Crippen LogP contribution in [0.1, 0.15) is 25.7 Å². The van der Waals surface area contributed by atoms with Crippen LogP contribution < -0.4 is 10.3 Å². The number of hydrogen-bond acceptors (Lipinski definition) is 4. The van der Waals surface area contributed by atoms with Crippen LogP contribution in [0.3, 0.4) is 0 Å². The Balaban J connectivity index is 1.71. The Morgan fingerprint density at radius 2 is 2.00 bits per heavy atom. The van der Waals surface area contributed by atoms with Crippen LogP contribution in [0.15, 0.2) is 29.4 Å². The molecule has 1 atom stereocenters. The van der Waals surface area contributed by atoms with Crippen LogP contribution in [0, 0.1) is 5.82 Å². The summed E-state index contributed by atoms with van der Waals surface area (Å²) in [7, 11) is 0. The quantitative estimate of drug-likeness (QED) is 0.887. The zero-order valence-corrected chi connectivity index (χ0v) is 11.4. The molecule has 0 saturated carbocycles. The van der Waals surface area contributed by atoms with E-state index in [0.29, 0.717) is 6.42 Å². The molecule has 2 N–H and O–H groups in total. The van der Waals surface area contributed by atoms with Crippen LogP contribution in [0.2, 0.25) is 0 Å². The van der Waals surface area contributed by atoms with E-state index in [1.54, 1.807) is 12.1 Å². The van der Waals surface area contributed by atoms with Gasteiger partial charge in [0.05, 0.1) is 17.3 Å². The number of halogens is 1. The lowest BCUT2D eigenvalue weighted by Gasteiger charge is -2.36. The number of anilines is 1. The van der Waals surface area contributed by atoms with Crippen molar-refractivity contribution >= 4 is 11.9 Å². The summed E-state index contributed by atoms with van der Waals surface area (Å²) in [6, 6.07) is 6.51. The van der Waals surface area contributed by atoms with Gasteiger partial charge in [-0.15, -0.1) is 0 Å². The van der Waals surface area contributed by atoms with E-state index in [2.05, 4.69) is 10.4 Å². The molecule has 2 heterocycles. The smallest absolute Gasteiger partial charge is 0.123 e. The number of hydrogen-bond donors (Lipinski definition) is 2. The van der Waals surface area contributed by atoms with Crippen LogP contribution in [-0.2, 0) is 0 Å². The Hall–Kier alpha value is -1.46. The highest BCUT2D eigenvalue weighted by Crippen LogP contribution is 2.31. The molecule has 1 unspecified atom stereocenters. The number of nitrogens with one attached hydrogen (secondary N) is 1. The molecular weight excluding hydrogens is 257 g/mol. The molecule has 5 heteroatoms. The van der Waals surface area contributed by atoms with Gasteiger partial charge in [0.1, 0.15) is 5.82 Å². The largest absolute Gasteiger partial charge is 0.390 e. The average molecular weight is 277 g/mol. The fraction of sp³-hybridized carbons (Fsp3) is 0.533. The predicted octanol–water partition coefficient (Wildman–Crippen LogP) is 1.89. The van der Waals surface area contributed by atoms with E-state index < -0.39 is 5.60 Å². The normalized spacial score (nSPS) is 25.1. The molecule has 0 bridgehead atoms. The zero-order valence-electron chi connectivity index (χ0n) is 11.4. The van der Waals surface area contributed by atoms with E-state index in [-0.39, 0.29) is 11.9 Å². The van der Waals surface area contributed by atoms with Gasteiger partial charge in [-0.3, -0.25) is 5.01 Å². The molecule has 0 spiro atoms. The van der Waals surface area contributed by atoms with Crippen LogP contribution in [-0.4, -0.2) is 36.1 Å². The second-order valence-electron chi connectivity index (χ2n) is 5.69. The molecule has 0 radical (unpaired) electrons. The first-order valence-corrected chi connectivity index (χ1v) is 7.17. The third-order valence-corrected chi connectivity index (χ3v) is 4.17. The second-order valence-corrected chi connectivity index (χ2v) is 5.69. The average Bonchev–Trinajstić information content (AvgIpc) is 2.88. The Morgan fingerprint density at radius 1 is 1.30 bits per heavy atom. The molecule has 1 saturated heterocycles. The lowest BCUT2D eigenvalue weighted by Crippen LogP contribution is -2.46. The maximum absolute atomic E-state index is 13.0. The molecule has 0 amide bonds. The van der Waals surface area contributed by atoms with Gasteiger partial charge in [0.15, 0.2) is 0 Å². The van der Waals surface area contributed by atoms with Crippen LogP contribution in [0.4, 0.5) is 10.1 Å². The van der Waals surface area contributed by atoms with Crippen molar-refractivity contribution in [2.24, 2.45) is 5.10 Å². The summed E-state index contributed by atoms with van der Waals surface area (Å²) in [6.07, 6.45) is 4.96. The standard InChI is InChI=1S/C15H20FN3O/c16-12-1-3-13(4-2-12)19-14(5-8-18-19)11-15(20)6-9-17-10-7-15/h1-4,8,14,17,20H,5-7,9-11H2. The Morgan fingerprint density at radius 3 is 2.70 bits per heavy atom. The molecule has 1 aromatic carbocycles. The summed E-state index contributed by atoms with van der Waals surface area (Å²) >= 11 is 0. The van der Waals surface area contributed by atoms with Gasteiger partial charge in [-0.25, -0.2) is 4.39 Å². The molecule has 1 aromatic rings.